The van der Waals surface area contributed by atoms with Gasteiger partial charge in [0.25, 0.3) is 5.92 Å². The van der Waals surface area contributed by atoms with Gasteiger partial charge in [-0.25, -0.2) is 0 Å². The zero-order valence-electron chi connectivity index (χ0n) is 17.0. The van der Waals surface area contributed by atoms with Crippen molar-refractivity contribution >= 4 is 11.6 Å². The van der Waals surface area contributed by atoms with Crippen molar-refractivity contribution in [2.24, 2.45) is 0 Å². The zero-order valence-corrected chi connectivity index (χ0v) is 17.7. The highest BCUT2D eigenvalue weighted by molar-refractivity contribution is 6.31. The summed E-state index contributed by atoms with van der Waals surface area (Å²) >= 11 is 6.08. The summed E-state index contributed by atoms with van der Waals surface area (Å²) in [5.74, 6) is -3.02. The molecule has 2 aromatic rings. The van der Waals surface area contributed by atoms with Crippen LogP contribution in [0.2, 0.25) is 5.02 Å². The highest BCUT2D eigenvalue weighted by Gasteiger charge is 2.45. The third kappa shape index (κ3) is 4.84. The second-order valence-electron chi connectivity index (χ2n) is 7.75. The van der Waals surface area contributed by atoms with E-state index in [-0.39, 0.29) is 22.3 Å². The number of hydrogen-bond acceptors (Lipinski definition) is 6. The van der Waals surface area contributed by atoms with Gasteiger partial charge in [0.2, 0.25) is 0 Å². The third-order valence-corrected chi connectivity index (χ3v) is 5.47. The minimum Gasteiger partial charge on any atom is -0.491 e. The lowest BCUT2D eigenvalue weighted by Gasteiger charge is -2.40. The van der Waals surface area contributed by atoms with Crippen LogP contribution >= 0.6 is 11.6 Å². The Labute approximate surface area is 183 Å². The van der Waals surface area contributed by atoms with Gasteiger partial charge in [0.15, 0.2) is 0 Å². The second-order valence-corrected chi connectivity index (χ2v) is 8.16. The minimum absolute atomic E-state index is 0.101. The van der Waals surface area contributed by atoms with Crippen LogP contribution in [-0.4, -0.2) is 57.6 Å². The van der Waals surface area contributed by atoms with Crippen LogP contribution in [0.25, 0.3) is 0 Å². The molecule has 0 bridgehead atoms. The largest absolute Gasteiger partial charge is 0.491 e. The van der Waals surface area contributed by atoms with Crippen LogP contribution < -0.4 is 4.74 Å². The van der Waals surface area contributed by atoms with Crippen LogP contribution in [0.1, 0.15) is 36.6 Å². The molecule has 5 atom stereocenters. The van der Waals surface area contributed by atoms with E-state index in [0.29, 0.717) is 5.75 Å². The number of rotatable bonds is 6. The predicted molar refractivity (Wildman–Crippen MR) is 109 cm³/mol. The molecular formula is C22H25ClF2O6. The minimum atomic E-state index is -3.47. The fourth-order valence-electron chi connectivity index (χ4n) is 3.51. The molecule has 0 saturated carbocycles. The van der Waals surface area contributed by atoms with E-state index in [0.717, 1.165) is 6.07 Å². The van der Waals surface area contributed by atoms with Crippen molar-refractivity contribution in [3.8, 4) is 5.75 Å². The number of alkyl halides is 2. The summed E-state index contributed by atoms with van der Waals surface area (Å²) in [5.41, 5.74) is -0.701. The molecule has 170 valence electrons. The summed E-state index contributed by atoms with van der Waals surface area (Å²) in [6.45, 7) is 3.03. The number of hydrogen-bond donors (Lipinski definition) is 4. The fourth-order valence-corrected chi connectivity index (χ4v) is 3.74. The SMILES string of the molecule is CC(C)Oc1ccc(C(F)(F)c2cc([C@@H]3O[C@H](CO)[C@@H](O)[C@H](O)[C@H]3O)ccc2Cl)cc1. The number of aliphatic hydroxyl groups is 4. The molecule has 1 heterocycles. The molecule has 31 heavy (non-hydrogen) atoms. The molecule has 1 aliphatic heterocycles. The van der Waals surface area contributed by atoms with Gasteiger partial charge < -0.3 is 29.9 Å². The monoisotopic (exact) mass is 458 g/mol. The molecule has 9 heteroatoms. The van der Waals surface area contributed by atoms with Crippen molar-refractivity contribution in [1.29, 1.82) is 0 Å². The highest BCUT2D eigenvalue weighted by Crippen LogP contribution is 2.42. The fraction of sp³-hybridized carbons (Fsp3) is 0.455. The average Bonchev–Trinajstić information content (AvgIpc) is 2.73. The van der Waals surface area contributed by atoms with E-state index in [1.165, 1.54) is 36.4 Å². The van der Waals surface area contributed by atoms with Crippen molar-refractivity contribution in [2.75, 3.05) is 6.61 Å². The van der Waals surface area contributed by atoms with E-state index in [2.05, 4.69) is 0 Å². The molecule has 0 aromatic heterocycles. The summed E-state index contributed by atoms with van der Waals surface area (Å²) in [6.07, 6.45) is -7.26. The number of halogens is 3. The summed E-state index contributed by atoms with van der Waals surface area (Å²) in [7, 11) is 0. The Morgan fingerprint density at radius 1 is 1.03 bits per heavy atom. The lowest BCUT2D eigenvalue weighted by atomic mass is 9.89. The van der Waals surface area contributed by atoms with Gasteiger partial charge in [-0.3, -0.25) is 0 Å². The van der Waals surface area contributed by atoms with Crippen LogP contribution in [0.4, 0.5) is 8.78 Å². The van der Waals surface area contributed by atoms with Gasteiger partial charge in [0, 0.05) is 11.1 Å². The van der Waals surface area contributed by atoms with Gasteiger partial charge in [-0.2, -0.15) is 8.78 Å². The normalized spacial score (nSPS) is 26.8. The second kappa shape index (κ2) is 9.36. The molecule has 0 amide bonds. The summed E-state index contributed by atoms with van der Waals surface area (Å²) in [5, 5.41) is 39.4. The quantitative estimate of drug-likeness (QED) is 0.531. The number of aliphatic hydroxyl groups excluding tert-OH is 4. The zero-order chi connectivity index (χ0) is 22.9. The maximum absolute atomic E-state index is 15.3. The first-order chi connectivity index (χ1) is 14.6. The van der Waals surface area contributed by atoms with Gasteiger partial charge >= 0.3 is 0 Å². The molecule has 0 aliphatic carbocycles. The number of ether oxygens (including phenoxy) is 2. The van der Waals surface area contributed by atoms with Crippen LogP contribution in [0.5, 0.6) is 5.75 Å². The standard InChI is InChI=1S/C22H25ClF2O6/c1-11(2)30-14-6-4-13(5-7-14)22(24,25)15-9-12(3-8-16(15)23)21-20(29)19(28)18(27)17(10-26)31-21/h3-9,11,17-21,26-29H,10H2,1-2H3/t17-,18-,19+,20-,21+/m1/s1. The molecule has 4 N–H and O–H groups in total. The van der Waals surface area contributed by atoms with Crippen LogP contribution in [-0.2, 0) is 10.7 Å². The lowest BCUT2D eigenvalue weighted by Crippen LogP contribution is -2.55. The highest BCUT2D eigenvalue weighted by atomic mass is 35.5. The Morgan fingerprint density at radius 3 is 2.26 bits per heavy atom. The summed E-state index contributed by atoms with van der Waals surface area (Å²) in [6, 6.07) is 9.10. The van der Waals surface area contributed by atoms with Crippen molar-refractivity contribution in [3.05, 3.63) is 64.2 Å². The first-order valence-corrected chi connectivity index (χ1v) is 10.2. The van der Waals surface area contributed by atoms with E-state index in [1.807, 2.05) is 13.8 Å². The Morgan fingerprint density at radius 2 is 1.68 bits per heavy atom. The van der Waals surface area contributed by atoms with Crippen LogP contribution in [0, 0.1) is 0 Å². The average molecular weight is 459 g/mol. The van der Waals surface area contributed by atoms with E-state index < -0.39 is 48.6 Å². The first kappa shape index (κ1) is 23.8. The molecule has 0 spiro atoms. The van der Waals surface area contributed by atoms with Gasteiger partial charge in [-0.05, 0) is 55.8 Å². The Hall–Kier alpha value is -1.81. The van der Waals surface area contributed by atoms with Gasteiger partial charge in [-0.1, -0.05) is 17.7 Å². The third-order valence-electron chi connectivity index (χ3n) is 5.14. The first-order valence-electron chi connectivity index (χ1n) is 9.81. The van der Waals surface area contributed by atoms with Crippen LogP contribution in [0.15, 0.2) is 42.5 Å². The van der Waals surface area contributed by atoms with Gasteiger partial charge in [0.05, 0.1) is 17.7 Å². The molecule has 1 saturated heterocycles. The predicted octanol–water partition coefficient (Wildman–Crippen LogP) is 2.78. The van der Waals surface area contributed by atoms with Crippen molar-refractivity contribution in [1.82, 2.24) is 0 Å². The molecule has 0 unspecified atom stereocenters. The van der Waals surface area contributed by atoms with Crippen LogP contribution in [0.3, 0.4) is 0 Å². The van der Waals surface area contributed by atoms with E-state index >= 15 is 8.78 Å². The summed E-state index contributed by atoms with van der Waals surface area (Å²) < 4.78 is 41.6. The van der Waals surface area contributed by atoms with Gasteiger partial charge in [0.1, 0.15) is 36.3 Å². The Bertz CT molecular complexity index is 890. The Balaban J connectivity index is 1.94. The Kier molecular flexibility index (Phi) is 7.20. The topological polar surface area (TPSA) is 99.4 Å². The maximum atomic E-state index is 15.3. The van der Waals surface area contributed by atoms with Crippen molar-refractivity contribution < 1.29 is 38.7 Å². The van der Waals surface area contributed by atoms with E-state index in [4.69, 9.17) is 21.1 Å². The molecule has 6 nitrogen and oxygen atoms in total. The number of benzene rings is 2. The molecule has 2 aromatic carbocycles. The molecule has 0 radical (unpaired) electrons. The molecule has 1 fully saturated rings. The summed E-state index contributed by atoms with van der Waals surface area (Å²) in [4.78, 5) is 0. The van der Waals surface area contributed by atoms with E-state index in [1.54, 1.807) is 0 Å². The smallest absolute Gasteiger partial charge is 0.299 e. The molecular weight excluding hydrogens is 434 g/mol. The van der Waals surface area contributed by atoms with Gasteiger partial charge in [-0.15, -0.1) is 0 Å². The van der Waals surface area contributed by atoms with Crippen molar-refractivity contribution in [3.63, 3.8) is 0 Å². The molecule has 3 rings (SSSR count). The lowest BCUT2D eigenvalue weighted by molar-refractivity contribution is -0.231. The molecule has 1 aliphatic rings. The maximum Gasteiger partial charge on any atom is 0.299 e. The van der Waals surface area contributed by atoms with Crippen molar-refractivity contribution in [2.45, 2.75) is 56.4 Å². The van der Waals surface area contributed by atoms with E-state index in [9.17, 15) is 20.4 Å².